The molecule has 0 aromatic rings. The Morgan fingerprint density at radius 3 is 0.545 bits per heavy atom. The average Bonchev–Trinajstić information content (AvgIpc) is 2.50. The maximum Gasteiger partial charge on any atom is -0.0533 e. The largest absolute Gasteiger partial charge is 0.147 e. The van der Waals surface area contributed by atoms with Crippen LogP contribution in [0, 0.1) is 0 Å². The summed E-state index contributed by atoms with van der Waals surface area (Å²) in [6.45, 7) is 4.60. The Hall–Kier alpha value is 0.290. The molecule has 0 spiro atoms. The van der Waals surface area contributed by atoms with Gasteiger partial charge in [-0.25, -0.2) is 0 Å². The Kier molecular flexibility index (Phi) is 26.3. The van der Waals surface area contributed by atoms with Gasteiger partial charge in [-0.1, -0.05) is 136 Å². The molecule has 0 amide bonds. The third-order valence-electron chi connectivity index (χ3n) is 4.71. The van der Waals surface area contributed by atoms with Crippen LogP contribution in [0.1, 0.15) is 136 Å². The summed E-state index contributed by atoms with van der Waals surface area (Å²) < 4.78 is 0. The smallest absolute Gasteiger partial charge is 0.0533 e. The van der Waals surface area contributed by atoms with E-state index < -0.39 is 0 Å². The van der Waals surface area contributed by atoms with Crippen LogP contribution in [0.5, 0.6) is 0 Å². The molecule has 0 aromatic carbocycles. The molecule has 0 saturated carbocycles. The molecule has 1 heteroatoms. The first kappa shape index (κ1) is 24.5. The van der Waals surface area contributed by atoms with Gasteiger partial charge >= 0.3 is 0 Å². The van der Waals surface area contributed by atoms with E-state index in [0.29, 0.717) is 0 Å². The highest BCUT2D eigenvalue weighted by Crippen LogP contribution is 2.14. The zero-order chi connectivity index (χ0) is 15.4. The fraction of sp³-hybridized carbons (Fsp3) is 1.00. The van der Waals surface area contributed by atoms with Gasteiger partial charge in [-0.2, -0.15) is 0 Å². The minimum atomic E-state index is 0. The summed E-state index contributed by atoms with van der Waals surface area (Å²) in [5.74, 6) is 0. The Morgan fingerprint density at radius 1 is 0.273 bits per heavy atom. The summed E-state index contributed by atoms with van der Waals surface area (Å²) in [4.78, 5) is 0. The van der Waals surface area contributed by atoms with Crippen molar-refractivity contribution in [3.05, 3.63) is 0 Å². The minimum absolute atomic E-state index is 0. The van der Waals surface area contributed by atoms with Crippen molar-refractivity contribution in [2.75, 3.05) is 0 Å². The standard InChI is InChI=1S/C21H44.ClH/c1-3-5-7-9-11-13-15-17-19-21-20-18-16-14-12-10-8-6-4-2;/h3-21H2,1-2H3;1H. The molecule has 0 N–H and O–H groups in total. The number of halogens is 1. The number of unbranched alkanes of at least 4 members (excludes halogenated alkanes) is 18. The molecular weight excluding hydrogens is 288 g/mol. The molecule has 0 rings (SSSR count). The van der Waals surface area contributed by atoms with Crippen LogP contribution >= 0.6 is 12.4 Å². The van der Waals surface area contributed by atoms with E-state index in [-0.39, 0.29) is 12.4 Å². The van der Waals surface area contributed by atoms with Gasteiger partial charge in [-0.3, -0.25) is 0 Å². The maximum absolute atomic E-state index is 2.30. The molecule has 0 unspecified atom stereocenters. The molecule has 136 valence electrons. The van der Waals surface area contributed by atoms with Crippen molar-refractivity contribution < 1.29 is 0 Å². The topological polar surface area (TPSA) is 0 Å². The fourth-order valence-electron chi connectivity index (χ4n) is 3.15. The second-order valence-electron chi connectivity index (χ2n) is 7.01. The van der Waals surface area contributed by atoms with Crippen molar-refractivity contribution in [2.24, 2.45) is 0 Å². The SMILES string of the molecule is CCCCCCCCCCCCCCCCCCCCC.Cl. The Labute approximate surface area is 148 Å². The van der Waals surface area contributed by atoms with Crippen LogP contribution in [0.15, 0.2) is 0 Å². The first-order valence-electron chi connectivity index (χ1n) is 10.4. The molecule has 0 bridgehead atoms. The van der Waals surface area contributed by atoms with Gasteiger partial charge < -0.3 is 0 Å². The molecule has 0 atom stereocenters. The average molecular weight is 333 g/mol. The van der Waals surface area contributed by atoms with Crippen LogP contribution in [-0.2, 0) is 0 Å². The first-order chi connectivity index (χ1) is 10.4. The maximum atomic E-state index is 2.30. The lowest BCUT2D eigenvalue weighted by Crippen LogP contribution is -1.83. The quantitative estimate of drug-likeness (QED) is 0.220. The molecule has 0 aliphatic heterocycles. The predicted octanol–water partition coefficient (Wildman–Crippen LogP) is 8.86. The second-order valence-corrected chi connectivity index (χ2v) is 7.01. The van der Waals surface area contributed by atoms with Crippen molar-refractivity contribution in [3.63, 3.8) is 0 Å². The Morgan fingerprint density at radius 2 is 0.409 bits per heavy atom. The summed E-state index contributed by atoms with van der Waals surface area (Å²) in [5.41, 5.74) is 0. The second kappa shape index (κ2) is 23.6. The fourth-order valence-corrected chi connectivity index (χ4v) is 3.15. The number of hydrogen-bond donors (Lipinski definition) is 0. The highest BCUT2D eigenvalue weighted by Gasteiger charge is 1.94. The lowest BCUT2D eigenvalue weighted by Gasteiger charge is -2.03. The van der Waals surface area contributed by atoms with Gasteiger partial charge in [0, 0.05) is 0 Å². The van der Waals surface area contributed by atoms with Crippen LogP contribution in [0.3, 0.4) is 0 Å². The van der Waals surface area contributed by atoms with Crippen LogP contribution in [0.4, 0.5) is 0 Å². The van der Waals surface area contributed by atoms with Crippen molar-refractivity contribution >= 4 is 12.4 Å². The van der Waals surface area contributed by atoms with Gasteiger partial charge in [-0.05, 0) is 0 Å². The zero-order valence-electron chi connectivity index (χ0n) is 15.8. The van der Waals surface area contributed by atoms with Gasteiger partial charge in [0.05, 0.1) is 0 Å². The third-order valence-corrected chi connectivity index (χ3v) is 4.71. The van der Waals surface area contributed by atoms with Crippen molar-refractivity contribution in [1.82, 2.24) is 0 Å². The van der Waals surface area contributed by atoms with E-state index in [4.69, 9.17) is 0 Å². The molecule has 0 nitrogen and oxygen atoms in total. The highest BCUT2D eigenvalue weighted by atomic mass is 35.5. The van der Waals surface area contributed by atoms with Gasteiger partial charge in [0.15, 0.2) is 0 Å². The molecular formula is C21H45Cl. The van der Waals surface area contributed by atoms with E-state index in [0.717, 1.165) is 0 Å². The van der Waals surface area contributed by atoms with E-state index in [1.165, 1.54) is 122 Å². The molecule has 0 aliphatic rings. The molecule has 0 heterocycles. The molecule has 0 aliphatic carbocycles. The van der Waals surface area contributed by atoms with Crippen LogP contribution in [0.2, 0.25) is 0 Å². The monoisotopic (exact) mass is 332 g/mol. The summed E-state index contributed by atoms with van der Waals surface area (Å²) in [6, 6.07) is 0. The summed E-state index contributed by atoms with van der Waals surface area (Å²) in [6.07, 6.45) is 27.9. The van der Waals surface area contributed by atoms with Gasteiger partial charge in [0.25, 0.3) is 0 Å². The van der Waals surface area contributed by atoms with Crippen molar-refractivity contribution in [2.45, 2.75) is 136 Å². The third kappa shape index (κ3) is 22.6. The van der Waals surface area contributed by atoms with Crippen LogP contribution in [-0.4, -0.2) is 0 Å². The lowest BCUT2D eigenvalue weighted by molar-refractivity contribution is 0.524. The Balaban J connectivity index is 0. The Bertz CT molecular complexity index is 149. The molecule has 0 fully saturated rings. The number of hydrogen-bond acceptors (Lipinski definition) is 0. The predicted molar refractivity (Wildman–Crippen MR) is 106 cm³/mol. The van der Waals surface area contributed by atoms with Gasteiger partial charge in [-0.15, -0.1) is 12.4 Å². The highest BCUT2D eigenvalue weighted by molar-refractivity contribution is 5.85. The molecule has 22 heavy (non-hydrogen) atoms. The van der Waals surface area contributed by atoms with Crippen molar-refractivity contribution in [1.29, 1.82) is 0 Å². The minimum Gasteiger partial charge on any atom is -0.147 e. The van der Waals surface area contributed by atoms with Gasteiger partial charge in [0.2, 0.25) is 0 Å². The zero-order valence-corrected chi connectivity index (χ0v) is 16.7. The van der Waals surface area contributed by atoms with E-state index in [9.17, 15) is 0 Å². The van der Waals surface area contributed by atoms with E-state index in [1.54, 1.807) is 0 Å². The van der Waals surface area contributed by atoms with E-state index >= 15 is 0 Å². The van der Waals surface area contributed by atoms with Crippen molar-refractivity contribution in [3.8, 4) is 0 Å². The summed E-state index contributed by atoms with van der Waals surface area (Å²) in [7, 11) is 0. The molecule has 0 aromatic heterocycles. The van der Waals surface area contributed by atoms with Crippen LogP contribution < -0.4 is 0 Å². The molecule has 0 saturated heterocycles. The summed E-state index contributed by atoms with van der Waals surface area (Å²) in [5, 5.41) is 0. The number of rotatable bonds is 18. The molecule has 0 radical (unpaired) electrons. The van der Waals surface area contributed by atoms with E-state index in [1.807, 2.05) is 0 Å². The van der Waals surface area contributed by atoms with Gasteiger partial charge in [0.1, 0.15) is 0 Å². The van der Waals surface area contributed by atoms with E-state index in [2.05, 4.69) is 13.8 Å². The first-order valence-corrected chi connectivity index (χ1v) is 10.4. The normalized spacial score (nSPS) is 10.6. The van der Waals surface area contributed by atoms with Crippen LogP contribution in [0.25, 0.3) is 0 Å². The summed E-state index contributed by atoms with van der Waals surface area (Å²) >= 11 is 0. The lowest BCUT2D eigenvalue weighted by atomic mass is 10.0.